The third kappa shape index (κ3) is 7.80. The van der Waals surface area contributed by atoms with Crippen LogP contribution in [0.2, 0.25) is 0 Å². The maximum atomic E-state index is 11.7. The normalized spacial score (nSPS) is 19.6. The van der Waals surface area contributed by atoms with Crippen molar-refractivity contribution in [3.05, 3.63) is 0 Å². The number of hydrogen-bond donors (Lipinski definition) is 2. The molecule has 1 unspecified atom stereocenters. The van der Waals surface area contributed by atoms with E-state index in [1.807, 2.05) is 0 Å². The van der Waals surface area contributed by atoms with E-state index in [1.54, 1.807) is 11.8 Å². The summed E-state index contributed by atoms with van der Waals surface area (Å²) < 4.78 is 0. The van der Waals surface area contributed by atoms with Crippen molar-refractivity contribution >= 4 is 17.7 Å². The minimum atomic E-state index is 0.190. The Morgan fingerprint density at radius 1 is 1.42 bits per heavy atom. The van der Waals surface area contributed by atoms with Gasteiger partial charge in [-0.3, -0.25) is 4.79 Å². The Hall–Kier alpha value is -0.260. The van der Waals surface area contributed by atoms with E-state index in [-0.39, 0.29) is 5.91 Å². The second kappa shape index (κ2) is 10.5. The molecule has 0 aliphatic carbocycles. The van der Waals surface area contributed by atoms with E-state index >= 15 is 0 Å². The van der Waals surface area contributed by atoms with Crippen LogP contribution in [0.25, 0.3) is 0 Å². The zero-order valence-electron chi connectivity index (χ0n) is 12.4. The Balaban J connectivity index is 1.98. The Bertz CT molecular complexity index is 241. The average molecular weight is 287 g/mol. The minimum absolute atomic E-state index is 0.190. The fourth-order valence-electron chi connectivity index (χ4n) is 2.31. The van der Waals surface area contributed by atoms with E-state index < -0.39 is 0 Å². The lowest BCUT2D eigenvalue weighted by Gasteiger charge is -2.22. The third-order valence-corrected chi connectivity index (χ3v) is 4.60. The number of carbonyl (C=O) groups is 1. The molecule has 1 amide bonds. The second-order valence-electron chi connectivity index (χ2n) is 5.10. The van der Waals surface area contributed by atoms with Crippen molar-refractivity contribution in [1.29, 1.82) is 0 Å². The Kier molecular flexibility index (Phi) is 9.30. The quantitative estimate of drug-likeness (QED) is 0.625. The van der Waals surface area contributed by atoms with Gasteiger partial charge in [0, 0.05) is 18.8 Å². The lowest BCUT2D eigenvalue weighted by atomic mass is 10.00. The molecule has 1 aliphatic rings. The zero-order chi connectivity index (χ0) is 13.9. The van der Waals surface area contributed by atoms with Crippen LogP contribution in [0.3, 0.4) is 0 Å². The topological polar surface area (TPSA) is 44.4 Å². The van der Waals surface area contributed by atoms with Crippen LogP contribution in [-0.2, 0) is 4.79 Å². The number of hydrogen-bond acceptors (Lipinski definition) is 4. The highest BCUT2D eigenvalue weighted by Crippen LogP contribution is 2.08. The smallest absolute Gasteiger partial charge is 0.230 e. The molecule has 0 aromatic heterocycles. The molecule has 5 heteroatoms. The van der Waals surface area contributed by atoms with Crippen LogP contribution in [0.4, 0.5) is 0 Å². The molecule has 0 bridgehead atoms. The van der Waals surface area contributed by atoms with Crippen LogP contribution in [-0.4, -0.2) is 61.6 Å². The fraction of sp³-hybridized carbons (Fsp3) is 0.929. The first kappa shape index (κ1) is 16.8. The number of carbonyl (C=O) groups excluding carboxylic acids is 1. The standard InChI is InChI=1S/C14H29N3OS/c1-3-17(4-2)8-9-19-12-14(18)16-11-13-6-5-7-15-10-13/h13,15H,3-12H2,1-2H3,(H,16,18). The van der Waals surface area contributed by atoms with E-state index in [1.165, 1.54) is 12.8 Å². The van der Waals surface area contributed by atoms with Crippen molar-refractivity contribution < 1.29 is 4.79 Å². The molecule has 0 saturated carbocycles. The molecule has 1 fully saturated rings. The van der Waals surface area contributed by atoms with Gasteiger partial charge in [-0.25, -0.2) is 0 Å². The van der Waals surface area contributed by atoms with Crippen molar-refractivity contribution in [1.82, 2.24) is 15.5 Å². The first-order chi connectivity index (χ1) is 9.26. The van der Waals surface area contributed by atoms with E-state index in [0.717, 1.165) is 45.0 Å². The molecule has 1 heterocycles. The fourth-order valence-corrected chi connectivity index (χ4v) is 3.12. The number of piperidine rings is 1. The van der Waals surface area contributed by atoms with Gasteiger partial charge in [-0.2, -0.15) is 11.8 Å². The number of nitrogens with zero attached hydrogens (tertiary/aromatic N) is 1. The van der Waals surface area contributed by atoms with Crippen molar-refractivity contribution in [2.75, 3.05) is 50.8 Å². The first-order valence-electron chi connectivity index (χ1n) is 7.53. The molecule has 1 aliphatic heterocycles. The largest absolute Gasteiger partial charge is 0.355 e. The monoisotopic (exact) mass is 287 g/mol. The van der Waals surface area contributed by atoms with Crippen molar-refractivity contribution in [3.63, 3.8) is 0 Å². The molecule has 0 spiro atoms. The summed E-state index contributed by atoms with van der Waals surface area (Å²) in [7, 11) is 0. The Labute approximate surface area is 122 Å². The SMILES string of the molecule is CCN(CC)CCSCC(=O)NCC1CCCNC1. The molecular formula is C14H29N3OS. The van der Waals surface area contributed by atoms with Crippen LogP contribution in [0.1, 0.15) is 26.7 Å². The number of rotatable bonds is 9. The summed E-state index contributed by atoms with van der Waals surface area (Å²) in [6.07, 6.45) is 2.47. The van der Waals surface area contributed by atoms with Gasteiger partial charge < -0.3 is 15.5 Å². The molecule has 2 N–H and O–H groups in total. The van der Waals surface area contributed by atoms with Gasteiger partial charge in [0.25, 0.3) is 0 Å². The summed E-state index contributed by atoms with van der Waals surface area (Å²) in [5, 5.41) is 6.43. The predicted molar refractivity (Wildman–Crippen MR) is 83.7 cm³/mol. The van der Waals surface area contributed by atoms with Crippen molar-refractivity contribution in [3.8, 4) is 0 Å². The van der Waals surface area contributed by atoms with E-state index in [9.17, 15) is 4.79 Å². The summed E-state index contributed by atoms with van der Waals surface area (Å²) in [6, 6.07) is 0. The molecule has 1 rings (SSSR count). The Morgan fingerprint density at radius 3 is 2.84 bits per heavy atom. The summed E-state index contributed by atoms with van der Waals surface area (Å²) in [4.78, 5) is 14.1. The van der Waals surface area contributed by atoms with Gasteiger partial charge in [0.15, 0.2) is 0 Å². The summed E-state index contributed by atoms with van der Waals surface area (Å²) in [6.45, 7) is 10.6. The second-order valence-corrected chi connectivity index (χ2v) is 6.20. The maximum absolute atomic E-state index is 11.7. The molecule has 19 heavy (non-hydrogen) atoms. The molecule has 0 radical (unpaired) electrons. The molecule has 0 aromatic rings. The van der Waals surface area contributed by atoms with E-state index in [4.69, 9.17) is 0 Å². The third-order valence-electron chi connectivity index (χ3n) is 3.67. The van der Waals surface area contributed by atoms with Gasteiger partial charge in [-0.05, 0) is 44.9 Å². The van der Waals surface area contributed by atoms with Gasteiger partial charge in [-0.1, -0.05) is 13.8 Å². The van der Waals surface area contributed by atoms with Crippen LogP contribution in [0.15, 0.2) is 0 Å². The number of thioether (sulfide) groups is 1. The predicted octanol–water partition coefficient (Wildman–Crippen LogP) is 1.18. The lowest BCUT2D eigenvalue weighted by molar-refractivity contribution is -0.118. The van der Waals surface area contributed by atoms with E-state index in [0.29, 0.717) is 11.7 Å². The average Bonchev–Trinajstić information content (AvgIpc) is 2.46. The van der Waals surface area contributed by atoms with Crippen LogP contribution < -0.4 is 10.6 Å². The van der Waals surface area contributed by atoms with Crippen LogP contribution in [0, 0.1) is 5.92 Å². The van der Waals surface area contributed by atoms with Crippen molar-refractivity contribution in [2.45, 2.75) is 26.7 Å². The minimum Gasteiger partial charge on any atom is -0.355 e. The lowest BCUT2D eigenvalue weighted by Crippen LogP contribution is -2.38. The zero-order valence-corrected chi connectivity index (χ0v) is 13.2. The van der Waals surface area contributed by atoms with Crippen LogP contribution >= 0.6 is 11.8 Å². The maximum Gasteiger partial charge on any atom is 0.230 e. The number of nitrogens with one attached hydrogen (secondary N) is 2. The highest BCUT2D eigenvalue weighted by molar-refractivity contribution is 7.99. The molecule has 0 aromatic carbocycles. The number of amides is 1. The van der Waals surface area contributed by atoms with Gasteiger partial charge in [0.05, 0.1) is 5.75 Å². The molecule has 4 nitrogen and oxygen atoms in total. The van der Waals surface area contributed by atoms with E-state index in [2.05, 4.69) is 29.4 Å². The highest BCUT2D eigenvalue weighted by Gasteiger charge is 2.13. The van der Waals surface area contributed by atoms with Gasteiger partial charge in [0.2, 0.25) is 5.91 Å². The highest BCUT2D eigenvalue weighted by atomic mass is 32.2. The molecule has 1 saturated heterocycles. The summed E-state index contributed by atoms with van der Waals surface area (Å²) in [5.74, 6) is 2.45. The van der Waals surface area contributed by atoms with Gasteiger partial charge in [-0.15, -0.1) is 0 Å². The Morgan fingerprint density at radius 2 is 2.21 bits per heavy atom. The molecular weight excluding hydrogens is 258 g/mol. The molecule has 1 atom stereocenters. The molecule has 112 valence electrons. The first-order valence-corrected chi connectivity index (χ1v) is 8.69. The van der Waals surface area contributed by atoms with Gasteiger partial charge >= 0.3 is 0 Å². The summed E-state index contributed by atoms with van der Waals surface area (Å²) >= 11 is 1.74. The van der Waals surface area contributed by atoms with Crippen LogP contribution in [0.5, 0.6) is 0 Å². The summed E-state index contributed by atoms with van der Waals surface area (Å²) in [5.41, 5.74) is 0. The van der Waals surface area contributed by atoms with Gasteiger partial charge in [0.1, 0.15) is 0 Å². The van der Waals surface area contributed by atoms with Crippen molar-refractivity contribution in [2.24, 2.45) is 5.92 Å².